The monoisotopic (exact) mass is 217 g/mol. The molecule has 0 aromatic rings. The van der Waals surface area contributed by atoms with Crippen molar-refractivity contribution >= 4 is 9.84 Å². The lowest BCUT2D eigenvalue weighted by molar-refractivity contribution is -0.135. The highest BCUT2D eigenvalue weighted by Crippen LogP contribution is 2.21. The molecule has 0 aliphatic rings. The Morgan fingerprint density at radius 1 is 1.46 bits per heavy atom. The van der Waals surface area contributed by atoms with E-state index in [1.54, 1.807) is 0 Å². The molecule has 0 aromatic carbocycles. The smallest absolute Gasteiger partial charge is 0.324 e. The molecule has 0 spiro atoms. The van der Waals surface area contributed by atoms with E-state index in [2.05, 4.69) is 0 Å². The maximum atomic E-state index is 11.7. The van der Waals surface area contributed by atoms with Gasteiger partial charge >= 0.3 is 6.18 Å². The van der Waals surface area contributed by atoms with Crippen molar-refractivity contribution in [3.05, 3.63) is 11.5 Å². The Bertz CT molecular complexity index is 281. The van der Waals surface area contributed by atoms with Gasteiger partial charge in [0.05, 0.1) is 6.42 Å². The summed E-state index contributed by atoms with van der Waals surface area (Å²) in [5, 5.41) is 0.670. The second-order valence-electron chi connectivity index (χ2n) is 2.64. The Morgan fingerprint density at radius 3 is 2.23 bits per heavy atom. The lowest BCUT2D eigenvalue weighted by atomic mass is 10.2. The van der Waals surface area contributed by atoms with Gasteiger partial charge in [-0.15, -0.1) is 0 Å². The number of hydrogen-bond donors (Lipinski definition) is 1. The molecule has 0 aromatic heterocycles. The van der Waals surface area contributed by atoms with Crippen LogP contribution in [-0.4, -0.2) is 26.9 Å². The molecule has 1 atom stereocenters. The van der Waals surface area contributed by atoms with Gasteiger partial charge in [-0.1, -0.05) is 6.08 Å². The third-order valence-corrected chi connectivity index (χ3v) is 1.69. The standard InChI is InChI=1S/C6H10F3NO2S/c1-13(11,12)3-2-5(10)4-6(7,8)9/h2-3,5H,4,10H2,1H3/b3-2-/t5-/m1/s1. The van der Waals surface area contributed by atoms with Crippen LogP contribution in [0.25, 0.3) is 0 Å². The van der Waals surface area contributed by atoms with Gasteiger partial charge in [0.15, 0.2) is 9.84 Å². The predicted molar refractivity (Wildman–Crippen MR) is 42.6 cm³/mol. The van der Waals surface area contributed by atoms with Crippen LogP contribution >= 0.6 is 0 Å². The molecule has 3 nitrogen and oxygen atoms in total. The zero-order valence-corrected chi connectivity index (χ0v) is 7.69. The minimum Gasteiger partial charge on any atom is -0.324 e. The molecular weight excluding hydrogens is 207 g/mol. The van der Waals surface area contributed by atoms with E-state index in [0.717, 1.165) is 12.3 Å². The average molecular weight is 217 g/mol. The van der Waals surface area contributed by atoms with E-state index in [1.165, 1.54) is 0 Å². The second-order valence-corrected chi connectivity index (χ2v) is 4.57. The van der Waals surface area contributed by atoms with E-state index in [1.807, 2.05) is 0 Å². The van der Waals surface area contributed by atoms with Gasteiger partial charge in [-0.05, 0) is 0 Å². The minimum absolute atomic E-state index is 0.670. The molecule has 0 heterocycles. The summed E-state index contributed by atoms with van der Waals surface area (Å²) in [7, 11) is -3.40. The second kappa shape index (κ2) is 4.10. The average Bonchev–Trinajstić information content (AvgIpc) is 1.78. The molecule has 0 rings (SSSR count). The molecule has 7 heteroatoms. The number of halogens is 3. The van der Waals surface area contributed by atoms with Gasteiger partial charge in [-0.25, -0.2) is 8.42 Å². The largest absolute Gasteiger partial charge is 0.390 e. The molecular formula is C6H10F3NO2S. The first-order valence-electron chi connectivity index (χ1n) is 3.31. The van der Waals surface area contributed by atoms with Crippen LogP contribution < -0.4 is 5.73 Å². The summed E-state index contributed by atoms with van der Waals surface area (Å²) >= 11 is 0. The zero-order valence-electron chi connectivity index (χ0n) is 6.88. The van der Waals surface area contributed by atoms with Gasteiger partial charge in [0.1, 0.15) is 0 Å². The lowest BCUT2D eigenvalue weighted by Crippen LogP contribution is -2.25. The molecule has 2 N–H and O–H groups in total. The summed E-state index contributed by atoms with van der Waals surface area (Å²) in [4.78, 5) is 0. The van der Waals surface area contributed by atoms with E-state index in [4.69, 9.17) is 5.73 Å². The zero-order chi connectivity index (χ0) is 10.7. The van der Waals surface area contributed by atoms with Gasteiger partial charge in [0.25, 0.3) is 0 Å². The molecule has 0 fully saturated rings. The first-order chi connectivity index (χ1) is 5.60. The molecule has 0 saturated carbocycles. The first-order valence-corrected chi connectivity index (χ1v) is 5.26. The topological polar surface area (TPSA) is 60.2 Å². The Labute approximate surface area is 74.3 Å². The van der Waals surface area contributed by atoms with Crippen molar-refractivity contribution in [1.29, 1.82) is 0 Å². The van der Waals surface area contributed by atoms with E-state index in [9.17, 15) is 21.6 Å². The Balaban J connectivity index is 4.18. The molecule has 0 aliphatic carbocycles. The summed E-state index contributed by atoms with van der Waals surface area (Å²) in [5.74, 6) is 0. The Kier molecular flexibility index (Phi) is 3.92. The van der Waals surface area contributed by atoms with Crippen molar-refractivity contribution in [2.45, 2.75) is 18.6 Å². The van der Waals surface area contributed by atoms with Gasteiger partial charge in [-0.3, -0.25) is 0 Å². The number of rotatable bonds is 3. The summed E-state index contributed by atoms with van der Waals surface area (Å²) < 4.78 is 55.9. The molecule has 13 heavy (non-hydrogen) atoms. The van der Waals surface area contributed by atoms with Gasteiger partial charge in [0.2, 0.25) is 0 Å². The van der Waals surface area contributed by atoms with Crippen LogP contribution in [0.15, 0.2) is 11.5 Å². The maximum Gasteiger partial charge on any atom is 0.390 e. The fourth-order valence-electron chi connectivity index (χ4n) is 0.579. The van der Waals surface area contributed by atoms with Crippen molar-refractivity contribution in [2.24, 2.45) is 5.73 Å². The van der Waals surface area contributed by atoms with E-state index < -0.39 is 28.5 Å². The number of alkyl halides is 3. The highest BCUT2D eigenvalue weighted by Gasteiger charge is 2.29. The van der Waals surface area contributed by atoms with Gasteiger partial charge in [0, 0.05) is 17.7 Å². The van der Waals surface area contributed by atoms with Crippen LogP contribution in [0.3, 0.4) is 0 Å². The van der Waals surface area contributed by atoms with Crippen molar-refractivity contribution in [1.82, 2.24) is 0 Å². The van der Waals surface area contributed by atoms with Gasteiger partial charge in [-0.2, -0.15) is 13.2 Å². The first kappa shape index (κ1) is 12.4. The highest BCUT2D eigenvalue weighted by atomic mass is 32.2. The summed E-state index contributed by atoms with van der Waals surface area (Å²) in [6.45, 7) is 0. The summed E-state index contributed by atoms with van der Waals surface area (Å²) in [5.41, 5.74) is 5.00. The molecule has 0 radical (unpaired) electrons. The SMILES string of the molecule is CS(=O)(=O)/C=C\[C@@H](N)CC(F)(F)F. The van der Waals surface area contributed by atoms with Crippen molar-refractivity contribution in [3.8, 4) is 0 Å². The molecule has 0 bridgehead atoms. The third-order valence-electron chi connectivity index (χ3n) is 1.04. The Morgan fingerprint density at radius 2 is 1.92 bits per heavy atom. The van der Waals surface area contributed by atoms with Gasteiger partial charge < -0.3 is 5.73 Å². The molecule has 0 aliphatic heterocycles. The fourth-order valence-corrected chi connectivity index (χ4v) is 1.07. The van der Waals surface area contributed by atoms with Crippen LogP contribution in [0.2, 0.25) is 0 Å². The van der Waals surface area contributed by atoms with Crippen LogP contribution in [0, 0.1) is 0 Å². The molecule has 0 unspecified atom stereocenters. The predicted octanol–water partition coefficient (Wildman–Crippen LogP) is 0.824. The normalized spacial score (nSPS) is 16.4. The fraction of sp³-hybridized carbons (Fsp3) is 0.667. The quantitative estimate of drug-likeness (QED) is 0.761. The third kappa shape index (κ3) is 9.35. The molecule has 0 saturated heterocycles. The van der Waals surface area contributed by atoms with Crippen molar-refractivity contribution in [3.63, 3.8) is 0 Å². The molecule has 0 amide bonds. The van der Waals surface area contributed by atoms with Crippen LogP contribution in [0.1, 0.15) is 6.42 Å². The Hall–Kier alpha value is -0.560. The maximum absolute atomic E-state index is 11.7. The van der Waals surface area contributed by atoms with E-state index in [0.29, 0.717) is 5.41 Å². The van der Waals surface area contributed by atoms with E-state index in [-0.39, 0.29) is 0 Å². The minimum atomic E-state index is -4.37. The van der Waals surface area contributed by atoms with Crippen molar-refractivity contribution in [2.75, 3.05) is 6.26 Å². The van der Waals surface area contributed by atoms with Crippen LogP contribution in [0.5, 0.6) is 0 Å². The van der Waals surface area contributed by atoms with Crippen LogP contribution in [0.4, 0.5) is 13.2 Å². The highest BCUT2D eigenvalue weighted by molar-refractivity contribution is 7.93. The lowest BCUT2D eigenvalue weighted by Gasteiger charge is -2.09. The van der Waals surface area contributed by atoms with Crippen LogP contribution in [-0.2, 0) is 9.84 Å². The number of sulfone groups is 1. The number of hydrogen-bond acceptors (Lipinski definition) is 3. The summed E-state index contributed by atoms with van der Waals surface area (Å²) in [6.07, 6.45) is -3.90. The summed E-state index contributed by atoms with van der Waals surface area (Å²) in [6, 6.07) is -1.31. The van der Waals surface area contributed by atoms with E-state index >= 15 is 0 Å². The molecule has 78 valence electrons. The number of nitrogens with two attached hydrogens (primary N) is 1. The van der Waals surface area contributed by atoms with Crippen molar-refractivity contribution < 1.29 is 21.6 Å².